The van der Waals surface area contributed by atoms with E-state index in [0.717, 1.165) is 5.56 Å². The van der Waals surface area contributed by atoms with Gasteiger partial charge in [0.15, 0.2) is 0 Å². The fourth-order valence-corrected chi connectivity index (χ4v) is 1.73. The Morgan fingerprint density at radius 2 is 1.72 bits per heavy atom. The molecule has 18 heavy (non-hydrogen) atoms. The van der Waals surface area contributed by atoms with Crippen molar-refractivity contribution >= 4 is 5.91 Å². The molecule has 1 rings (SSSR count). The summed E-state index contributed by atoms with van der Waals surface area (Å²) in [5.74, 6) is 0.372. The molecular formula is C15H24N2O. The molecule has 1 aromatic rings. The number of hydrogen-bond acceptors (Lipinski definition) is 2. The van der Waals surface area contributed by atoms with Gasteiger partial charge in [-0.25, -0.2) is 0 Å². The van der Waals surface area contributed by atoms with Gasteiger partial charge in [0.25, 0.3) is 0 Å². The normalized spacial score (nSPS) is 13.4. The fraction of sp³-hybridized carbons (Fsp3) is 0.533. The number of likely N-dealkylation sites (N-methyl/N-ethyl adjacent to an activating group) is 1. The Labute approximate surface area is 110 Å². The van der Waals surface area contributed by atoms with Gasteiger partial charge in [-0.2, -0.15) is 0 Å². The first-order chi connectivity index (χ1) is 8.38. The topological polar surface area (TPSA) is 41.1 Å². The van der Waals surface area contributed by atoms with E-state index in [9.17, 15) is 4.79 Å². The van der Waals surface area contributed by atoms with Gasteiger partial charge in [0, 0.05) is 0 Å². The van der Waals surface area contributed by atoms with Gasteiger partial charge < -0.3 is 10.6 Å². The van der Waals surface area contributed by atoms with Crippen molar-refractivity contribution in [3.05, 3.63) is 35.9 Å². The lowest BCUT2D eigenvalue weighted by Crippen LogP contribution is -2.52. The zero-order chi connectivity index (χ0) is 13.8. The second kappa shape index (κ2) is 6.01. The van der Waals surface area contributed by atoms with Crippen molar-refractivity contribution in [1.29, 1.82) is 0 Å². The molecule has 0 aliphatic rings. The Morgan fingerprint density at radius 1 is 1.17 bits per heavy atom. The van der Waals surface area contributed by atoms with Crippen molar-refractivity contribution in [2.45, 2.75) is 39.3 Å². The van der Waals surface area contributed by atoms with Gasteiger partial charge >= 0.3 is 0 Å². The molecule has 1 unspecified atom stereocenters. The maximum absolute atomic E-state index is 12.2. The van der Waals surface area contributed by atoms with Crippen LogP contribution in [0.15, 0.2) is 30.3 Å². The summed E-state index contributed by atoms with van der Waals surface area (Å²) < 4.78 is 0. The van der Waals surface area contributed by atoms with Crippen LogP contribution >= 0.6 is 0 Å². The molecule has 3 heteroatoms. The van der Waals surface area contributed by atoms with Gasteiger partial charge in [-0.05, 0) is 32.4 Å². The summed E-state index contributed by atoms with van der Waals surface area (Å²) >= 11 is 0. The lowest BCUT2D eigenvalue weighted by atomic mass is 9.94. The van der Waals surface area contributed by atoms with Gasteiger partial charge in [-0.1, -0.05) is 44.2 Å². The minimum atomic E-state index is -0.554. The molecule has 0 radical (unpaired) electrons. The number of hydrogen-bond donors (Lipinski definition) is 2. The Bertz CT molecular complexity index is 385. The first-order valence-electron chi connectivity index (χ1n) is 6.43. The van der Waals surface area contributed by atoms with Crippen molar-refractivity contribution in [1.82, 2.24) is 10.6 Å². The predicted octanol–water partition coefficient (Wildman–Crippen LogP) is 2.50. The third-order valence-electron chi connectivity index (χ3n) is 3.30. The van der Waals surface area contributed by atoms with E-state index >= 15 is 0 Å². The number of amides is 1. The number of carbonyl (C=O) groups is 1. The highest BCUT2D eigenvalue weighted by Crippen LogP contribution is 2.22. The second-order valence-electron chi connectivity index (χ2n) is 5.48. The molecule has 0 spiro atoms. The van der Waals surface area contributed by atoms with Crippen molar-refractivity contribution in [3.8, 4) is 0 Å². The lowest BCUT2D eigenvalue weighted by Gasteiger charge is -2.29. The molecular weight excluding hydrogens is 224 g/mol. The first kappa shape index (κ1) is 14.7. The molecule has 0 aliphatic heterocycles. The van der Waals surface area contributed by atoms with Gasteiger partial charge in [-0.15, -0.1) is 0 Å². The van der Waals surface area contributed by atoms with Crippen LogP contribution in [-0.2, 0) is 4.79 Å². The Balaban J connectivity index is 2.86. The molecule has 3 nitrogen and oxygen atoms in total. The predicted molar refractivity (Wildman–Crippen MR) is 75.3 cm³/mol. The second-order valence-corrected chi connectivity index (χ2v) is 5.48. The molecule has 1 amide bonds. The van der Waals surface area contributed by atoms with Crippen molar-refractivity contribution in [3.63, 3.8) is 0 Å². The van der Waals surface area contributed by atoms with E-state index in [4.69, 9.17) is 0 Å². The SMILES string of the molecule is CNC(C)(C)C(=O)NC(c1ccccc1)C(C)C. The molecule has 0 heterocycles. The van der Waals surface area contributed by atoms with E-state index in [0.29, 0.717) is 5.92 Å². The van der Waals surface area contributed by atoms with E-state index in [2.05, 4.69) is 36.6 Å². The van der Waals surface area contributed by atoms with Crippen LogP contribution in [0.1, 0.15) is 39.3 Å². The third-order valence-corrected chi connectivity index (χ3v) is 3.30. The summed E-state index contributed by atoms with van der Waals surface area (Å²) in [5.41, 5.74) is 0.592. The van der Waals surface area contributed by atoms with Gasteiger partial charge in [-0.3, -0.25) is 4.79 Å². The monoisotopic (exact) mass is 248 g/mol. The highest BCUT2D eigenvalue weighted by molar-refractivity contribution is 5.85. The van der Waals surface area contributed by atoms with Gasteiger partial charge in [0.05, 0.1) is 11.6 Å². The third kappa shape index (κ3) is 3.57. The van der Waals surface area contributed by atoms with Crippen LogP contribution < -0.4 is 10.6 Å². The molecule has 0 aliphatic carbocycles. The molecule has 0 fully saturated rings. The maximum atomic E-state index is 12.2. The minimum Gasteiger partial charge on any atom is -0.347 e. The zero-order valence-corrected chi connectivity index (χ0v) is 11.9. The van der Waals surface area contributed by atoms with Gasteiger partial charge in [0.2, 0.25) is 5.91 Å². The Hall–Kier alpha value is -1.35. The van der Waals surface area contributed by atoms with Gasteiger partial charge in [0.1, 0.15) is 0 Å². The standard InChI is InChI=1S/C15H24N2O/c1-11(2)13(12-9-7-6-8-10-12)17-14(18)15(3,4)16-5/h6-11,13,16H,1-5H3,(H,17,18). The quantitative estimate of drug-likeness (QED) is 0.840. The lowest BCUT2D eigenvalue weighted by molar-refractivity contribution is -0.127. The smallest absolute Gasteiger partial charge is 0.240 e. The summed E-state index contributed by atoms with van der Waals surface area (Å²) in [6, 6.07) is 10.1. The average molecular weight is 248 g/mol. The molecule has 0 bridgehead atoms. The molecule has 0 saturated heterocycles. The number of nitrogens with one attached hydrogen (secondary N) is 2. The minimum absolute atomic E-state index is 0.0209. The maximum Gasteiger partial charge on any atom is 0.240 e. The highest BCUT2D eigenvalue weighted by Gasteiger charge is 2.28. The largest absolute Gasteiger partial charge is 0.347 e. The molecule has 1 aromatic carbocycles. The van der Waals surface area contributed by atoms with E-state index in [1.165, 1.54) is 0 Å². The Morgan fingerprint density at radius 3 is 2.17 bits per heavy atom. The van der Waals surface area contributed by atoms with Crippen LogP contribution in [0.3, 0.4) is 0 Å². The van der Waals surface area contributed by atoms with Crippen LogP contribution in [0, 0.1) is 5.92 Å². The van der Waals surface area contributed by atoms with E-state index < -0.39 is 5.54 Å². The number of benzene rings is 1. The Kier molecular flexibility index (Phi) is 4.91. The summed E-state index contributed by atoms with van der Waals surface area (Å²) in [6.07, 6.45) is 0. The summed E-state index contributed by atoms with van der Waals surface area (Å²) in [7, 11) is 1.80. The summed E-state index contributed by atoms with van der Waals surface area (Å²) in [5, 5.41) is 6.15. The van der Waals surface area contributed by atoms with E-state index in [1.54, 1.807) is 7.05 Å². The van der Waals surface area contributed by atoms with Crippen molar-refractivity contribution in [2.75, 3.05) is 7.05 Å². The molecule has 1 atom stereocenters. The van der Waals surface area contributed by atoms with Crippen LogP contribution in [0.25, 0.3) is 0 Å². The van der Waals surface area contributed by atoms with Crippen LogP contribution in [-0.4, -0.2) is 18.5 Å². The van der Waals surface area contributed by atoms with E-state index in [-0.39, 0.29) is 11.9 Å². The van der Waals surface area contributed by atoms with Crippen LogP contribution in [0.4, 0.5) is 0 Å². The van der Waals surface area contributed by atoms with E-state index in [1.807, 2.05) is 32.0 Å². The van der Waals surface area contributed by atoms with Crippen LogP contribution in [0.2, 0.25) is 0 Å². The highest BCUT2D eigenvalue weighted by atomic mass is 16.2. The molecule has 0 aromatic heterocycles. The molecule has 100 valence electrons. The van der Waals surface area contributed by atoms with Crippen molar-refractivity contribution < 1.29 is 4.79 Å². The van der Waals surface area contributed by atoms with Crippen molar-refractivity contribution in [2.24, 2.45) is 5.92 Å². The summed E-state index contributed by atoms with van der Waals surface area (Å²) in [4.78, 5) is 12.2. The number of carbonyl (C=O) groups excluding carboxylic acids is 1. The summed E-state index contributed by atoms with van der Waals surface area (Å²) in [6.45, 7) is 7.99. The first-order valence-corrected chi connectivity index (χ1v) is 6.43. The number of rotatable bonds is 5. The van der Waals surface area contributed by atoms with Crippen LogP contribution in [0.5, 0.6) is 0 Å². The molecule has 2 N–H and O–H groups in total. The average Bonchev–Trinajstić information content (AvgIpc) is 2.36. The molecule has 0 saturated carbocycles. The fourth-order valence-electron chi connectivity index (χ4n) is 1.73. The zero-order valence-electron chi connectivity index (χ0n) is 11.9.